The number of carbonyl (C=O) groups is 2. The second kappa shape index (κ2) is 7.81. The Bertz CT molecular complexity index is 348. The lowest BCUT2D eigenvalue weighted by molar-refractivity contribution is -0.163. The van der Waals surface area contributed by atoms with Gasteiger partial charge in [-0.05, 0) is 37.5 Å². The van der Waals surface area contributed by atoms with Gasteiger partial charge in [-0.1, -0.05) is 40.5 Å². The van der Waals surface area contributed by atoms with Crippen LogP contribution in [0.1, 0.15) is 72.6 Å². The van der Waals surface area contributed by atoms with Crippen LogP contribution >= 0.6 is 0 Å². The maximum Gasteiger partial charge on any atom is 0.309 e. The van der Waals surface area contributed by atoms with Crippen LogP contribution in [0.2, 0.25) is 0 Å². The zero-order valence-electron chi connectivity index (χ0n) is 13.9. The number of rotatable bonds is 6. The van der Waals surface area contributed by atoms with Gasteiger partial charge in [0, 0.05) is 0 Å². The highest BCUT2D eigenvalue weighted by Crippen LogP contribution is 2.32. The molecule has 0 spiro atoms. The van der Waals surface area contributed by atoms with Gasteiger partial charge in [0.1, 0.15) is 6.10 Å². The lowest BCUT2D eigenvalue weighted by atomic mass is 9.81. The Morgan fingerprint density at radius 3 is 2.10 bits per heavy atom. The molecule has 0 amide bonds. The fraction of sp³-hybridized carbons (Fsp3) is 0.882. The average Bonchev–Trinajstić information content (AvgIpc) is 2.42. The van der Waals surface area contributed by atoms with Gasteiger partial charge in [0.05, 0.1) is 11.8 Å². The van der Waals surface area contributed by atoms with Crippen LogP contribution < -0.4 is 0 Å². The van der Waals surface area contributed by atoms with E-state index >= 15 is 0 Å². The van der Waals surface area contributed by atoms with Crippen molar-refractivity contribution in [3.05, 3.63) is 0 Å². The van der Waals surface area contributed by atoms with Crippen molar-refractivity contribution in [2.24, 2.45) is 17.3 Å². The van der Waals surface area contributed by atoms with Crippen molar-refractivity contribution < 1.29 is 19.4 Å². The fourth-order valence-corrected chi connectivity index (χ4v) is 2.87. The molecule has 1 atom stereocenters. The summed E-state index contributed by atoms with van der Waals surface area (Å²) in [5, 5.41) is 9.00. The molecular formula is C17H30O4. The molecule has 0 radical (unpaired) electrons. The Morgan fingerprint density at radius 2 is 1.67 bits per heavy atom. The van der Waals surface area contributed by atoms with Crippen molar-refractivity contribution in [1.29, 1.82) is 0 Å². The molecule has 0 aromatic heterocycles. The number of esters is 1. The Balaban J connectivity index is 2.52. The van der Waals surface area contributed by atoms with Gasteiger partial charge in [0.15, 0.2) is 0 Å². The van der Waals surface area contributed by atoms with Gasteiger partial charge >= 0.3 is 11.9 Å². The van der Waals surface area contributed by atoms with E-state index in [4.69, 9.17) is 9.84 Å². The van der Waals surface area contributed by atoms with E-state index in [0.29, 0.717) is 25.7 Å². The summed E-state index contributed by atoms with van der Waals surface area (Å²) in [6.45, 7) is 8.43. The van der Waals surface area contributed by atoms with Gasteiger partial charge in [0.25, 0.3) is 0 Å². The zero-order valence-corrected chi connectivity index (χ0v) is 13.9. The minimum atomic E-state index is -0.739. The van der Waals surface area contributed by atoms with Gasteiger partial charge in [0.2, 0.25) is 0 Å². The molecule has 0 aromatic rings. The Morgan fingerprint density at radius 1 is 1.14 bits per heavy atom. The van der Waals surface area contributed by atoms with Gasteiger partial charge in [-0.15, -0.1) is 0 Å². The maximum atomic E-state index is 12.3. The van der Waals surface area contributed by atoms with Crippen molar-refractivity contribution in [2.75, 3.05) is 0 Å². The summed E-state index contributed by atoms with van der Waals surface area (Å²) in [6.07, 6.45) is 5.45. The second-order valence-corrected chi connectivity index (χ2v) is 7.32. The van der Waals surface area contributed by atoms with Gasteiger partial charge < -0.3 is 9.84 Å². The molecule has 1 N–H and O–H groups in total. The summed E-state index contributed by atoms with van der Waals surface area (Å²) < 4.78 is 5.77. The lowest BCUT2D eigenvalue weighted by Gasteiger charge is -2.33. The minimum Gasteiger partial charge on any atom is -0.481 e. The molecule has 0 heterocycles. The normalized spacial score (nSPS) is 24.4. The van der Waals surface area contributed by atoms with Crippen LogP contribution in [0.3, 0.4) is 0 Å². The fourth-order valence-electron chi connectivity index (χ4n) is 2.87. The van der Waals surface area contributed by atoms with Crippen molar-refractivity contribution in [3.63, 3.8) is 0 Å². The van der Waals surface area contributed by atoms with Gasteiger partial charge in [-0.3, -0.25) is 9.59 Å². The largest absolute Gasteiger partial charge is 0.481 e. The summed E-state index contributed by atoms with van der Waals surface area (Å²) in [6, 6.07) is 0. The molecule has 1 fully saturated rings. The number of carboxylic acids is 1. The molecule has 0 bridgehead atoms. The van der Waals surface area contributed by atoms with Crippen LogP contribution in [0.25, 0.3) is 0 Å². The molecule has 4 nitrogen and oxygen atoms in total. The summed E-state index contributed by atoms with van der Waals surface area (Å²) in [7, 11) is 0. The first kappa shape index (κ1) is 18.0. The maximum absolute atomic E-state index is 12.3. The van der Waals surface area contributed by atoms with E-state index in [2.05, 4.69) is 27.7 Å². The van der Waals surface area contributed by atoms with E-state index < -0.39 is 5.97 Å². The molecule has 1 rings (SSSR count). The molecule has 0 aliphatic heterocycles. The smallest absolute Gasteiger partial charge is 0.309 e. The van der Waals surface area contributed by atoms with Crippen LogP contribution in [-0.2, 0) is 14.3 Å². The first-order valence-electron chi connectivity index (χ1n) is 8.19. The standard InChI is InChI=1S/C17H30O4/c1-5-6-7-14(17(2,3)4)21-16(20)13-10-8-12(9-11-13)15(18)19/h12-14H,5-11H2,1-4H3,(H,18,19). The number of ether oxygens (including phenoxy) is 1. The average molecular weight is 298 g/mol. The predicted octanol–water partition coefficient (Wildman–Crippen LogP) is 4.03. The molecule has 1 saturated carbocycles. The predicted molar refractivity (Wildman–Crippen MR) is 81.9 cm³/mol. The first-order chi connectivity index (χ1) is 9.75. The van der Waals surface area contributed by atoms with Crippen LogP contribution in [0, 0.1) is 17.3 Å². The highest BCUT2D eigenvalue weighted by atomic mass is 16.5. The van der Waals surface area contributed by atoms with E-state index in [-0.39, 0.29) is 29.3 Å². The molecule has 21 heavy (non-hydrogen) atoms. The van der Waals surface area contributed by atoms with E-state index in [0.717, 1.165) is 19.3 Å². The third-order valence-corrected chi connectivity index (χ3v) is 4.45. The van der Waals surface area contributed by atoms with E-state index in [1.54, 1.807) is 0 Å². The quantitative estimate of drug-likeness (QED) is 0.752. The summed E-state index contributed by atoms with van der Waals surface area (Å²) in [4.78, 5) is 23.3. The highest BCUT2D eigenvalue weighted by molar-refractivity contribution is 5.74. The van der Waals surface area contributed by atoms with Crippen LogP contribution in [0.5, 0.6) is 0 Å². The van der Waals surface area contributed by atoms with Gasteiger partial charge in [-0.25, -0.2) is 0 Å². The van der Waals surface area contributed by atoms with Crippen molar-refractivity contribution >= 4 is 11.9 Å². The molecular weight excluding hydrogens is 268 g/mol. The zero-order chi connectivity index (χ0) is 16.0. The topological polar surface area (TPSA) is 63.6 Å². The molecule has 4 heteroatoms. The number of carbonyl (C=O) groups excluding carboxylic acids is 1. The third-order valence-electron chi connectivity index (χ3n) is 4.45. The van der Waals surface area contributed by atoms with Crippen LogP contribution in [-0.4, -0.2) is 23.1 Å². The minimum absolute atomic E-state index is 0.0525. The lowest BCUT2D eigenvalue weighted by Crippen LogP contribution is -2.35. The van der Waals surface area contributed by atoms with Crippen molar-refractivity contribution in [1.82, 2.24) is 0 Å². The Hall–Kier alpha value is -1.06. The Labute approximate surface area is 128 Å². The number of hydrogen-bond donors (Lipinski definition) is 1. The molecule has 122 valence electrons. The summed E-state index contributed by atoms with van der Waals surface area (Å²) in [5.74, 6) is -1.27. The third kappa shape index (κ3) is 5.68. The van der Waals surface area contributed by atoms with Crippen LogP contribution in [0.4, 0.5) is 0 Å². The molecule has 0 aromatic carbocycles. The van der Waals surface area contributed by atoms with Crippen molar-refractivity contribution in [3.8, 4) is 0 Å². The van der Waals surface area contributed by atoms with E-state index in [9.17, 15) is 9.59 Å². The molecule has 1 unspecified atom stereocenters. The van der Waals surface area contributed by atoms with Crippen LogP contribution in [0.15, 0.2) is 0 Å². The molecule has 1 aliphatic rings. The number of unbranched alkanes of at least 4 members (excludes halogenated alkanes) is 1. The molecule has 0 saturated heterocycles. The molecule has 1 aliphatic carbocycles. The summed E-state index contributed by atoms with van der Waals surface area (Å²) >= 11 is 0. The first-order valence-corrected chi connectivity index (χ1v) is 8.19. The second-order valence-electron chi connectivity index (χ2n) is 7.32. The number of carboxylic acid groups (broad SMARTS) is 1. The van der Waals surface area contributed by atoms with Gasteiger partial charge in [-0.2, -0.15) is 0 Å². The highest BCUT2D eigenvalue weighted by Gasteiger charge is 2.34. The monoisotopic (exact) mass is 298 g/mol. The summed E-state index contributed by atoms with van der Waals surface area (Å²) in [5.41, 5.74) is -0.0525. The van der Waals surface area contributed by atoms with E-state index in [1.165, 1.54) is 0 Å². The Kier molecular flexibility index (Phi) is 6.69. The number of hydrogen-bond acceptors (Lipinski definition) is 3. The SMILES string of the molecule is CCCCC(OC(=O)C1CCC(C(=O)O)CC1)C(C)(C)C. The van der Waals surface area contributed by atoms with Crippen molar-refractivity contribution in [2.45, 2.75) is 78.7 Å². The number of aliphatic carboxylic acids is 1. The van der Waals surface area contributed by atoms with E-state index in [1.807, 2.05) is 0 Å².